The first-order valence-corrected chi connectivity index (χ1v) is 11.3. The molecule has 0 aliphatic heterocycles. The zero-order chi connectivity index (χ0) is 13.4. The minimum absolute atomic E-state index is 0.120. The molecule has 1 aliphatic carbocycles. The Balaban J connectivity index is 2.48. The quantitative estimate of drug-likeness (QED) is 0.503. The van der Waals surface area contributed by atoms with Gasteiger partial charge in [0.05, 0.1) is 0 Å². The average Bonchev–Trinajstić information content (AvgIpc) is 2.38. The van der Waals surface area contributed by atoms with Gasteiger partial charge in [-0.1, -0.05) is 0 Å². The van der Waals surface area contributed by atoms with Gasteiger partial charge in [-0.3, -0.25) is 0 Å². The van der Waals surface area contributed by atoms with Crippen LogP contribution in [0.1, 0.15) is 39.5 Å². The van der Waals surface area contributed by atoms with Crippen molar-refractivity contribution in [1.82, 2.24) is 0 Å². The van der Waals surface area contributed by atoms with E-state index in [1.54, 1.807) is 13.8 Å². The molecule has 0 atom stereocenters. The van der Waals surface area contributed by atoms with Crippen LogP contribution in [0.3, 0.4) is 0 Å². The first-order valence-electron chi connectivity index (χ1n) is 6.37. The summed E-state index contributed by atoms with van der Waals surface area (Å²) in [5.41, 5.74) is 0.905. The molecule has 0 unspecified atom stereocenters. The van der Waals surface area contributed by atoms with Crippen LogP contribution in [-0.2, 0) is 18.4 Å². The van der Waals surface area contributed by atoms with Crippen LogP contribution in [0.5, 0.6) is 0 Å². The molecule has 18 heavy (non-hydrogen) atoms. The molecule has 0 aromatic rings. The van der Waals surface area contributed by atoms with E-state index in [0.717, 1.165) is 31.3 Å². The zero-order valence-electron chi connectivity index (χ0n) is 11.0. The molecule has 0 aromatic carbocycles. The average molecular weight is 339 g/mol. The van der Waals surface area contributed by atoms with Crippen molar-refractivity contribution in [2.75, 3.05) is 13.2 Å². The maximum absolute atomic E-state index is 12.2. The van der Waals surface area contributed by atoms with Crippen molar-refractivity contribution in [3.05, 3.63) is 11.6 Å². The predicted octanol–water partition coefficient (Wildman–Crippen LogP) is 3.36. The Morgan fingerprint density at radius 3 is 2.50 bits per heavy atom. The fourth-order valence-corrected chi connectivity index (χ4v) is 7.27. The Labute approximate surface area is 115 Å². The summed E-state index contributed by atoms with van der Waals surface area (Å²) in [4.78, 5) is 12.0. The molecule has 0 aromatic heterocycles. The Hall–Kier alpha value is 0.0795. The van der Waals surface area contributed by atoms with E-state index in [0.29, 0.717) is 18.5 Å². The number of carbonyl (C=O) groups excluding carboxylic acids is 1. The number of Topliss-reactive ketones (excluding diaryl/α,β-unsaturated/α-hetero) is 1. The molecule has 0 fully saturated rings. The van der Waals surface area contributed by atoms with Gasteiger partial charge in [0.2, 0.25) is 0 Å². The van der Waals surface area contributed by atoms with Crippen LogP contribution in [0, 0.1) is 0 Å². The molecule has 0 N–H and O–H groups in total. The van der Waals surface area contributed by atoms with Crippen molar-refractivity contribution in [1.29, 1.82) is 0 Å². The molecule has 4 nitrogen and oxygen atoms in total. The van der Waals surface area contributed by atoms with E-state index in [1.807, 2.05) is 6.08 Å². The van der Waals surface area contributed by atoms with Crippen molar-refractivity contribution < 1.29 is 18.4 Å². The Bertz CT molecular complexity index is 344. The van der Waals surface area contributed by atoms with E-state index in [2.05, 4.69) is 0 Å². The summed E-state index contributed by atoms with van der Waals surface area (Å²) in [5, 5.41) is 0.316. The van der Waals surface area contributed by atoms with Gasteiger partial charge < -0.3 is 0 Å². The van der Waals surface area contributed by atoms with Gasteiger partial charge in [-0.25, -0.2) is 0 Å². The normalized spacial score (nSPS) is 16.4. The minimum atomic E-state index is -3.01. The monoisotopic (exact) mass is 340 g/mol. The summed E-state index contributed by atoms with van der Waals surface area (Å²) in [6.45, 7) is 4.28. The fourth-order valence-electron chi connectivity index (χ4n) is 1.75. The van der Waals surface area contributed by atoms with E-state index in [4.69, 9.17) is 9.05 Å². The number of ketones is 1. The molecule has 0 heterocycles. The first-order chi connectivity index (χ1) is 8.61. The maximum atomic E-state index is 12.2. The summed E-state index contributed by atoms with van der Waals surface area (Å²) < 4.78 is 22.6. The van der Waals surface area contributed by atoms with Crippen LogP contribution in [0.25, 0.3) is 0 Å². The molecular formula is C12H21O4PSe. The van der Waals surface area contributed by atoms with E-state index in [1.165, 1.54) is 0 Å². The van der Waals surface area contributed by atoms with Gasteiger partial charge in [-0.15, -0.1) is 0 Å². The van der Waals surface area contributed by atoms with Crippen molar-refractivity contribution in [2.24, 2.45) is 0 Å². The fraction of sp³-hybridized carbons (Fsp3) is 0.750. The third kappa shape index (κ3) is 5.38. The summed E-state index contributed by atoms with van der Waals surface area (Å²) in [5.74, 6) is 0.120. The van der Waals surface area contributed by atoms with Crippen molar-refractivity contribution >= 4 is 26.6 Å². The molecule has 6 heteroatoms. The number of hydrogen-bond donors (Lipinski definition) is 0. The summed E-state index contributed by atoms with van der Waals surface area (Å²) >= 11 is -0.422. The molecule has 0 radical (unpaired) electrons. The molecule has 0 spiro atoms. The molecule has 104 valence electrons. The Morgan fingerprint density at radius 2 is 2.00 bits per heavy atom. The number of hydrogen-bond acceptors (Lipinski definition) is 4. The van der Waals surface area contributed by atoms with E-state index in [9.17, 15) is 9.36 Å². The van der Waals surface area contributed by atoms with Crippen LogP contribution in [0.4, 0.5) is 0 Å². The first kappa shape index (κ1) is 16.1. The molecule has 0 bridgehead atoms. The van der Waals surface area contributed by atoms with Crippen LogP contribution < -0.4 is 0 Å². The summed E-state index contributed by atoms with van der Waals surface area (Å²) in [6.07, 6.45) is 3.11. The van der Waals surface area contributed by atoms with Gasteiger partial charge in [0.1, 0.15) is 0 Å². The van der Waals surface area contributed by atoms with E-state index >= 15 is 0 Å². The molecule has 1 aliphatic rings. The van der Waals surface area contributed by atoms with E-state index in [-0.39, 0.29) is 5.78 Å². The second-order valence-electron chi connectivity index (χ2n) is 3.95. The van der Waals surface area contributed by atoms with Crippen molar-refractivity contribution in [3.8, 4) is 0 Å². The van der Waals surface area contributed by atoms with Crippen LogP contribution in [0.15, 0.2) is 11.6 Å². The van der Waals surface area contributed by atoms with E-state index < -0.39 is 20.8 Å². The van der Waals surface area contributed by atoms with Gasteiger partial charge in [0.25, 0.3) is 0 Å². The van der Waals surface area contributed by atoms with Crippen molar-refractivity contribution in [2.45, 2.75) is 44.9 Å². The SMILES string of the molecule is CCOP(=O)(OCC)[Se]CC(=O)C1=CCCCC1. The molecule has 0 saturated heterocycles. The van der Waals surface area contributed by atoms with Crippen molar-refractivity contribution in [3.63, 3.8) is 0 Å². The second kappa shape index (κ2) is 8.29. The molecule has 0 amide bonds. The topological polar surface area (TPSA) is 52.6 Å². The predicted molar refractivity (Wildman–Crippen MR) is 73.0 cm³/mol. The number of rotatable bonds is 8. The Morgan fingerprint density at radius 1 is 1.33 bits per heavy atom. The van der Waals surface area contributed by atoms with Gasteiger partial charge in [-0.2, -0.15) is 0 Å². The summed E-state index contributed by atoms with van der Waals surface area (Å²) in [6, 6.07) is 0. The summed E-state index contributed by atoms with van der Waals surface area (Å²) in [7, 11) is 0. The van der Waals surface area contributed by atoms with Gasteiger partial charge >= 0.3 is 115 Å². The third-order valence-electron chi connectivity index (χ3n) is 2.58. The van der Waals surface area contributed by atoms with Crippen LogP contribution in [0.2, 0.25) is 5.32 Å². The second-order valence-corrected chi connectivity index (χ2v) is 10.7. The van der Waals surface area contributed by atoms with Gasteiger partial charge in [-0.05, 0) is 0 Å². The van der Waals surface area contributed by atoms with Crippen LogP contribution in [-0.4, -0.2) is 33.5 Å². The standard InChI is InChI=1S/C12H21O4PSe/c1-3-15-17(14,16-4-2)18-10-12(13)11-8-6-5-7-9-11/h8H,3-7,9-10H2,1-2H3. The third-order valence-corrected chi connectivity index (χ3v) is 8.85. The molecule has 0 saturated carbocycles. The van der Waals surface area contributed by atoms with Gasteiger partial charge in [0, 0.05) is 0 Å². The number of carbonyl (C=O) groups is 1. The number of allylic oxidation sites excluding steroid dienone is 2. The molecular weight excluding hydrogens is 318 g/mol. The van der Waals surface area contributed by atoms with Crippen LogP contribution >= 0.6 is 6.29 Å². The van der Waals surface area contributed by atoms with Gasteiger partial charge in [0.15, 0.2) is 0 Å². The Kier molecular flexibility index (Phi) is 7.43. The molecule has 1 rings (SSSR count). The zero-order valence-corrected chi connectivity index (χ0v) is 13.6.